The summed E-state index contributed by atoms with van der Waals surface area (Å²) in [6, 6.07) is 8.07. The summed E-state index contributed by atoms with van der Waals surface area (Å²) < 4.78 is 39.1. The Morgan fingerprint density at radius 2 is 1.86 bits per heavy atom. The molecule has 1 aromatic carbocycles. The van der Waals surface area contributed by atoms with Crippen molar-refractivity contribution < 1.29 is 13.2 Å². The molecular formula is C19H29F3N6. The number of rotatable bonds is 9. The van der Waals surface area contributed by atoms with E-state index in [0.29, 0.717) is 25.5 Å². The number of fused-ring (bicyclic) bond motifs is 1. The van der Waals surface area contributed by atoms with Crippen molar-refractivity contribution in [1.82, 2.24) is 25.1 Å². The number of imidazole rings is 1. The Balaban J connectivity index is 1.66. The summed E-state index contributed by atoms with van der Waals surface area (Å²) in [6.45, 7) is 3.63. The number of hydrogen-bond donors (Lipinski definition) is 2. The molecule has 2 N–H and O–H groups in total. The summed E-state index contributed by atoms with van der Waals surface area (Å²) in [6.07, 6.45) is -2.65. The van der Waals surface area contributed by atoms with Crippen LogP contribution in [0.4, 0.5) is 13.2 Å². The second-order valence-electron chi connectivity index (χ2n) is 6.79. The maximum Gasteiger partial charge on any atom is 0.401 e. The monoisotopic (exact) mass is 398 g/mol. The SMILES string of the molecule is CN=C(NCCCN(C)CC(F)(F)F)NCCCn1c(C)nc2ccccc21. The molecule has 0 spiro atoms. The molecule has 28 heavy (non-hydrogen) atoms. The van der Waals surface area contributed by atoms with Crippen LogP contribution >= 0.6 is 0 Å². The molecule has 2 aromatic rings. The zero-order chi connectivity index (χ0) is 20.6. The van der Waals surface area contributed by atoms with Crippen LogP contribution in [0.25, 0.3) is 11.0 Å². The van der Waals surface area contributed by atoms with Gasteiger partial charge in [0.2, 0.25) is 0 Å². The van der Waals surface area contributed by atoms with Gasteiger partial charge in [-0.1, -0.05) is 12.1 Å². The fourth-order valence-corrected chi connectivity index (χ4v) is 3.08. The minimum absolute atomic E-state index is 0.372. The van der Waals surface area contributed by atoms with Crippen molar-refractivity contribution in [3.63, 3.8) is 0 Å². The first-order chi connectivity index (χ1) is 13.3. The molecule has 0 unspecified atom stereocenters. The lowest BCUT2D eigenvalue weighted by molar-refractivity contribution is -0.143. The van der Waals surface area contributed by atoms with Gasteiger partial charge in [-0.2, -0.15) is 13.2 Å². The molecule has 0 amide bonds. The van der Waals surface area contributed by atoms with Gasteiger partial charge in [-0.05, 0) is 45.5 Å². The Labute approximate surface area is 163 Å². The van der Waals surface area contributed by atoms with Crippen LogP contribution in [0.5, 0.6) is 0 Å². The third kappa shape index (κ3) is 7.03. The molecule has 9 heteroatoms. The highest BCUT2D eigenvalue weighted by Gasteiger charge is 2.28. The van der Waals surface area contributed by atoms with Gasteiger partial charge in [0.25, 0.3) is 0 Å². The van der Waals surface area contributed by atoms with E-state index in [2.05, 4.69) is 31.2 Å². The maximum atomic E-state index is 12.3. The van der Waals surface area contributed by atoms with Crippen molar-refractivity contribution >= 4 is 17.0 Å². The lowest BCUT2D eigenvalue weighted by Gasteiger charge is -2.19. The standard InChI is InChI=1S/C19H29F3N6/c1-15-26-16-8-4-5-9-17(16)28(15)13-7-11-25-18(23-2)24-10-6-12-27(3)14-19(20,21)22/h4-5,8-9H,6-7,10-14H2,1-3H3,(H2,23,24,25). The Bertz CT molecular complexity index is 769. The summed E-state index contributed by atoms with van der Waals surface area (Å²) in [5.74, 6) is 1.65. The van der Waals surface area contributed by atoms with Crippen molar-refractivity contribution in [1.29, 1.82) is 0 Å². The van der Waals surface area contributed by atoms with Gasteiger partial charge in [-0.3, -0.25) is 9.89 Å². The zero-order valence-corrected chi connectivity index (χ0v) is 16.7. The molecule has 0 aliphatic carbocycles. The van der Waals surface area contributed by atoms with Crippen LogP contribution in [0.2, 0.25) is 0 Å². The second-order valence-corrected chi connectivity index (χ2v) is 6.79. The summed E-state index contributed by atoms with van der Waals surface area (Å²) in [7, 11) is 3.15. The lowest BCUT2D eigenvalue weighted by atomic mass is 10.3. The van der Waals surface area contributed by atoms with Gasteiger partial charge in [0, 0.05) is 26.7 Å². The van der Waals surface area contributed by atoms with Gasteiger partial charge in [0.1, 0.15) is 5.82 Å². The van der Waals surface area contributed by atoms with E-state index in [1.807, 2.05) is 25.1 Å². The third-order valence-electron chi connectivity index (χ3n) is 4.38. The van der Waals surface area contributed by atoms with E-state index in [9.17, 15) is 13.2 Å². The molecule has 1 aromatic heterocycles. The van der Waals surface area contributed by atoms with E-state index in [1.165, 1.54) is 11.9 Å². The number of para-hydroxylation sites is 2. The number of aromatic nitrogens is 2. The number of hydrogen-bond acceptors (Lipinski definition) is 3. The number of aliphatic imine (C=N–C) groups is 1. The van der Waals surface area contributed by atoms with Crippen LogP contribution in [0, 0.1) is 6.92 Å². The number of halogens is 3. The number of aryl methyl sites for hydroxylation is 2. The summed E-state index contributed by atoms with van der Waals surface area (Å²) in [4.78, 5) is 9.98. The van der Waals surface area contributed by atoms with Crippen molar-refractivity contribution in [3.05, 3.63) is 30.1 Å². The number of nitrogens with zero attached hydrogens (tertiary/aromatic N) is 4. The minimum atomic E-state index is -4.15. The van der Waals surface area contributed by atoms with Gasteiger partial charge < -0.3 is 15.2 Å². The molecule has 6 nitrogen and oxygen atoms in total. The molecule has 1 heterocycles. The van der Waals surface area contributed by atoms with Crippen LogP contribution in [0.1, 0.15) is 18.7 Å². The van der Waals surface area contributed by atoms with E-state index in [1.54, 1.807) is 7.05 Å². The second kappa shape index (κ2) is 10.3. The van der Waals surface area contributed by atoms with Gasteiger partial charge in [-0.25, -0.2) is 4.98 Å². The van der Waals surface area contributed by atoms with Crippen LogP contribution in [0.3, 0.4) is 0 Å². The predicted molar refractivity (Wildman–Crippen MR) is 107 cm³/mol. The van der Waals surface area contributed by atoms with Crippen molar-refractivity contribution in [2.24, 2.45) is 4.99 Å². The molecule has 0 aliphatic rings. The summed E-state index contributed by atoms with van der Waals surface area (Å²) in [5, 5.41) is 6.37. The molecule has 0 saturated carbocycles. The van der Waals surface area contributed by atoms with Crippen LogP contribution in [-0.2, 0) is 6.54 Å². The largest absolute Gasteiger partial charge is 0.401 e. The van der Waals surface area contributed by atoms with Gasteiger partial charge in [0.15, 0.2) is 5.96 Å². The summed E-state index contributed by atoms with van der Waals surface area (Å²) >= 11 is 0. The molecular weight excluding hydrogens is 369 g/mol. The molecule has 156 valence electrons. The third-order valence-corrected chi connectivity index (χ3v) is 4.38. The van der Waals surface area contributed by atoms with Gasteiger partial charge in [0.05, 0.1) is 17.6 Å². The molecule has 0 bridgehead atoms. The fourth-order valence-electron chi connectivity index (χ4n) is 3.08. The van der Waals surface area contributed by atoms with E-state index < -0.39 is 12.7 Å². The lowest BCUT2D eigenvalue weighted by Crippen LogP contribution is -2.39. The van der Waals surface area contributed by atoms with Crippen LogP contribution in [0.15, 0.2) is 29.3 Å². The molecule has 0 aliphatic heterocycles. The molecule has 0 saturated heterocycles. The molecule has 0 radical (unpaired) electrons. The Morgan fingerprint density at radius 1 is 1.18 bits per heavy atom. The molecule has 2 rings (SSSR count). The number of guanidine groups is 1. The Hall–Kier alpha value is -2.29. The van der Waals surface area contributed by atoms with Crippen LogP contribution in [-0.4, -0.2) is 66.9 Å². The van der Waals surface area contributed by atoms with Crippen molar-refractivity contribution in [2.45, 2.75) is 32.5 Å². The van der Waals surface area contributed by atoms with E-state index >= 15 is 0 Å². The Kier molecular flexibility index (Phi) is 8.10. The van der Waals surface area contributed by atoms with Gasteiger partial charge in [-0.15, -0.1) is 0 Å². The van der Waals surface area contributed by atoms with E-state index in [0.717, 1.165) is 36.4 Å². The highest BCUT2D eigenvalue weighted by molar-refractivity contribution is 5.79. The van der Waals surface area contributed by atoms with E-state index in [-0.39, 0.29) is 0 Å². The predicted octanol–water partition coefficient (Wildman–Crippen LogP) is 2.78. The first kappa shape index (κ1) is 22.0. The highest BCUT2D eigenvalue weighted by atomic mass is 19.4. The van der Waals surface area contributed by atoms with E-state index in [4.69, 9.17) is 0 Å². The quantitative estimate of drug-likeness (QED) is 0.387. The van der Waals surface area contributed by atoms with Crippen molar-refractivity contribution in [2.75, 3.05) is 40.3 Å². The first-order valence-electron chi connectivity index (χ1n) is 9.42. The Morgan fingerprint density at radius 3 is 2.54 bits per heavy atom. The average Bonchev–Trinajstić information content (AvgIpc) is 2.94. The summed E-state index contributed by atoms with van der Waals surface area (Å²) in [5.41, 5.74) is 2.13. The van der Waals surface area contributed by atoms with Crippen molar-refractivity contribution in [3.8, 4) is 0 Å². The normalized spacial score (nSPS) is 12.8. The van der Waals surface area contributed by atoms with Gasteiger partial charge >= 0.3 is 6.18 Å². The van der Waals surface area contributed by atoms with Crippen LogP contribution < -0.4 is 10.6 Å². The first-order valence-corrected chi connectivity index (χ1v) is 9.42. The number of alkyl halides is 3. The molecule has 0 atom stereocenters. The number of nitrogens with one attached hydrogen (secondary N) is 2. The minimum Gasteiger partial charge on any atom is -0.356 e. The number of benzene rings is 1. The highest BCUT2D eigenvalue weighted by Crippen LogP contribution is 2.16. The smallest absolute Gasteiger partial charge is 0.356 e. The fraction of sp³-hybridized carbons (Fsp3) is 0.579. The zero-order valence-electron chi connectivity index (χ0n) is 16.7. The average molecular weight is 398 g/mol. The maximum absolute atomic E-state index is 12.3. The molecule has 0 fully saturated rings. The topological polar surface area (TPSA) is 57.5 Å².